The van der Waals surface area contributed by atoms with Gasteiger partial charge in [-0.25, -0.2) is 0 Å². The van der Waals surface area contributed by atoms with Crippen molar-refractivity contribution in [1.82, 2.24) is 0 Å². The summed E-state index contributed by atoms with van der Waals surface area (Å²) in [5, 5.41) is 21.1. The van der Waals surface area contributed by atoms with Gasteiger partial charge in [-0.2, -0.15) is 0 Å². The molecular weight excluding hydrogens is 656 g/mol. The predicted octanol–water partition coefficient (Wildman–Crippen LogP) is 8.20. The van der Waals surface area contributed by atoms with E-state index >= 15 is 0 Å². The Hall–Kier alpha value is 0.456. The molecule has 2 N–H and O–H groups in total. The van der Waals surface area contributed by atoms with Crippen LogP contribution >= 0.6 is 0 Å². The third-order valence-corrected chi connectivity index (χ3v) is 10.2. The van der Waals surface area contributed by atoms with E-state index in [0.717, 1.165) is 38.5 Å². The second kappa shape index (κ2) is 37.8. The zero-order valence-corrected chi connectivity index (χ0v) is 36.4. The van der Waals surface area contributed by atoms with Gasteiger partial charge in [-0.3, -0.25) is 9.59 Å². The van der Waals surface area contributed by atoms with Crippen LogP contribution in [0.3, 0.4) is 0 Å². The minimum absolute atomic E-state index is 0. The van der Waals surface area contributed by atoms with Crippen molar-refractivity contribution in [2.24, 2.45) is 0 Å². The molecule has 1 heterocycles. The summed E-state index contributed by atoms with van der Waals surface area (Å²) < 4.78 is 16.2. The molecule has 0 aromatic rings. The van der Waals surface area contributed by atoms with Gasteiger partial charge in [0.15, 0.2) is 6.10 Å². The number of unbranched alkanes of at least 4 members (excludes halogenated alkanes) is 28. The van der Waals surface area contributed by atoms with E-state index in [1.165, 1.54) is 154 Å². The molecule has 1 saturated heterocycles. The quantitative estimate of drug-likeness (QED) is 0.0380. The van der Waals surface area contributed by atoms with Crippen LogP contribution in [0.1, 0.15) is 221 Å². The maximum atomic E-state index is 12.3. The second-order valence-corrected chi connectivity index (χ2v) is 15.0. The third kappa shape index (κ3) is 29.9. The summed E-state index contributed by atoms with van der Waals surface area (Å²) in [6, 6.07) is 0. The maximum Gasteiger partial charge on any atom is 1.00 e. The Labute approximate surface area is 352 Å². The molecule has 7 nitrogen and oxygen atoms in total. The standard InChI is InChI=1S/C42H80O7.K.H/c1-3-5-7-9-11-13-15-17-19-21-23-25-27-29-31-33-39(44)47-35-37(43)42-41(46)38(36-48-42)49-40(45)34-32-30-28-26-24-22-20-18-16-14-12-10-8-6-4-2;;/h37-38,41-43,46H,3-36H2,1-2H3;;/q;+1;-1/t37-,38+,41-,42-;;/m1../s1. The van der Waals surface area contributed by atoms with E-state index in [-0.39, 0.29) is 78.0 Å². The molecule has 50 heavy (non-hydrogen) atoms. The van der Waals surface area contributed by atoms with E-state index in [1.54, 1.807) is 0 Å². The van der Waals surface area contributed by atoms with E-state index in [0.29, 0.717) is 12.8 Å². The Kier molecular flexibility index (Phi) is 38.1. The number of aliphatic hydroxyl groups is 2. The van der Waals surface area contributed by atoms with Gasteiger partial charge in [0.25, 0.3) is 0 Å². The number of hydrogen-bond donors (Lipinski definition) is 2. The number of rotatable bonds is 36. The van der Waals surface area contributed by atoms with Crippen molar-refractivity contribution in [3.05, 3.63) is 0 Å². The number of aliphatic hydroxyl groups excluding tert-OH is 2. The minimum Gasteiger partial charge on any atom is -1.00 e. The first-order valence-electron chi connectivity index (χ1n) is 21.3. The van der Waals surface area contributed by atoms with Gasteiger partial charge in [0, 0.05) is 12.8 Å². The molecule has 1 rings (SSSR count). The molecule has 1 fully saturated rings. The predicted molar refractivity (Wildman–Crippen MR) is 203 cm³/mol. The fourth-order valence-corrected chi connectivity index (χ4v) is 6.91. The van der Waals surface area contributed by atoms with E-state index < -0.39 is 24.4 Å². The fraction of sp³-hybridized carbons (Fsp3) is 0.952. The van der Waals surface area contributed by atoms with Gasteiger partial charge in [0.05, 0.1) is 6.61 Å². The molecule has 8 heteroatoms. The first-order chi connectivity index (χ1) is 24.0. The molecule has 0 saturated carbocycles. The molecule has 0 bridgehead atoms. The summed E-state index contributed by atoms with van der Waals surface area (Å²) in [6.07, 6.45) is 34.7. The zero-order chi connectivity index (χ0) is 35.6. The van der Waals surface area contributed by atoms with Crippen molar-refractivity contribution in [2.75, 3.05) is 13.2 Å². The molecule has 0 spiro atoms. The fourth-order valence-electron chi connectivity index (χ4n) is 6.91. The van der Waals surface area contributed by atoms with Crippen LogP contribution in [-0.2, 0) is 23.8 Å². The summed E-state index contributed by atoms with van der Waals surface area (Å²) in [5.41, 5.74) is 0. The van der Waals surface area contributed by atoms with Crippen molar-refractivity contribution in [2.45, 2.75) is 244 Å². The van der Waals surface area contributed by atoms with Crippen LogP contribution in [0.5, 0.6) is 0 Å². The number of hydrogen-bond acceptors (Lipinski definition) is 7. The third-order valence-electron chi connectivity index (χ3n) is 10.2. The Morgan fingerprint density at radius 1 is 0.580 bits per heavy atom. The second-order valence-electron chi connectivity index (χ2n) is 15.0. The molecule has 0 unspecified atom stereocenters. The van der Waals surface area contributed by atoms with Crippen molar-refractivity contribution in [3.8, 4) is 0 Å². The molecule has 0 aromatic heterocycles. The molecule has 0 aromatic carbocycles. The number of ether oxygens (including phenoxy) is 3. The van der Waals surface area contributed by atoms with E-state index in [2.05, 4.69) is 13.8 Å². The van der Waals surface area contributed by atoms with Crippen molar-refractivity contribution >= 4 is 11.9 Å². The molecule has 0 radical (unpaired) electrons. The molecule has 292 valence electrons. The molecule has 0 amide bonds. The van der Waals surface area contributed by atoms with Crippen molar-refractivity contribution in [1.29, 1.82) is 0 Å². The zero-order valence-electron chi connectivity index (χ0n) is 34.3. The first-order valence-corrected chi connectivity index (χ1v) is 21.3. The number of carbonyl (C=O) groups excluding carboxylic acids is 2. The summed E-state index contributed by atoms with van der Waals surface area (Å²) in [6.45, 7) is 4.32. The average molecular weight is 737 g/mol. The minimum atomic E-state index is -1.17. The van der Waals surface area contributed by atoms with Crippen molar-refractivity contribution in [3.63, 3.8) is 0 Å². The normalized spacial score (nSPS) is 17.8. The van der Waals surface area contributed by atoms with Crippen LogP contribution < -0.4 is 51.4 Å². The number of esters is 2. The van der Waals surface area contributed by atoms with Crippen LogP contribution in [0.2, 0.25) is 0 Å². The summed E-state index contributed by atoms with van der Waals surface area (Å²) in [5.74, 6) is -0.680. The molecular formula is C42H81KO7. The Balaban J connectivity index is 0. The summed E-state index contributed by atoms with van der Waals surface area (Å²) in [7, 11) is 0. The van der Waals surface area contributed by atoms with Crippen LogP contribution in [0.15, 0.2) is 0 Å². The SMILES string of the molecule is CCCCCCCCCCCCCCCCCC(=O)OC[C@@H](O)[C@H]1OC[C@H](OC(=O)CCCCCCCCCCCCCCCCC)[C@H]1O.[H-].[K+]. The monoisotopic (exact) mass is 737 g/mol. The van der Waals surface area contributed by atoms with Crippen LogP contribution in [-0.4, -0.2) is 59.8 Å². The van der Waals surface area contributed by atoms with Crippen LogP contribution in [0.4, 0.5) is 0 Å². The van der Waals surface area contributed by atoms with Crippen LogP contribution in [0, 0.1) is 0 Å². The van der Waals surface area contributed by atoms with Gasteiger partial charge in [-0.15, -0.1) is 0 Å². The summed E-state index contributed by atoms with van der Waals surface area (Å²) in [4.78, 5) is 24.5. The van der Waals surface area contributed by atoms with Crippen LogP contribution in [0.25, 0.3) is 0 Å². The van der Waals surface area contributed by atoms with Gasteiger partial charge >= 0.3 is 63.3 Å². The van der Waals surface area contributed by atoms with E-state index in [1.807, 2.05) is 0 Å². The Bertz CT molecular complexity index is 759. The summed E-state index contributed by atoms with van der Waals surface area (Å²) >= 11 is 0. The average Bonchev–Trinajstić information content (AvgIpc) is 3.46. The van der Waals surface area contributed by atoms with E-state index in [4.69, 9.17) is 14.2 Å². The molecule has 1 aliphatic heterocycles. The van der Waals surface area contributed by atoms with Gasteiger partial charge in [0.1, 0.15) is 24.9 Å². The van der Waals surface area contributed by atoms with Gasteiger partial charge in [0.2, 0.25) is 0 Å². The molecule has 0 aliphatic carbocycles. The number of carbonyl (C=O) groups is 2. The van der Waals surface area contributed by atoms with Gasteiger partial charge in [-0.05, 0) is 12.8 Å². The van der Waals surface area contributed by atoms with Crippen molar-refractivity contribution < 1.29 is 86.8 Å². The molecule has 4 atom stereocenters. The Morgan fingerprint density at radius 2 is 0.900 bits per heavy atom. The maximum absolute atomic E-state index is 12.3. The first kappa shape index (κ1) is 50.5. The Morgan fingerprint density at radius 3 is 1.26 bits per heavy atom. The van der Waals surface area contributed by atoms with Gasteiger partial charge < -0.3 is 25.9 Å². The molecule has 1 aliphatic rings. The smallest absolute Gasteiger partial charge is 1.00 e. The topological polar surface area (TPSA) is 102 Å². The van der Waals surface area contributed by atoms with E-state index in [9.17, 15) is 19.8 Å². The largest absolute Gasteiger partial charge is 1.00 e. The van der Waals surface area contributed by atoms with Gasteiger partial charge in [-0.1, -0.05) is 194 Å².